The summed E-state index contributed by atoms with van der Waals surface area (Å²) < 4.78 is 3.03. The van der Waals surface area contributed by atoms with E-state index >= 15 is 0 Å². The van der Waals surface area contributed by atoms with Gasteiger partial charge in [0.15, 0.2) is 11.5 Å². The van der Waals surface area contributed by atoms with Gasteiger partial charge in [-0.2, -0.15) is 0 Å². The average Bonchev–Trinajstić information content (AvgIpc) is 3.04. The van der Waals surface area contributed by atoms with Gasteiger partial charge in [-0.25, -0.2) is 4.98 Å². The number of aromatic nitrogens is 4. The van der Waals surface area contributed by atoms with Crippen molar-refractivity contribution >= 4 is 27.2 Å². The van der Waals surface area contributed by atoms with Crippen LogP contribution >= 0.6 is 11.3 Å². The molecule has 0 unspecified atom stereocenters. The van der Waals surface area contributed by atoms with E-state index in [0.717, 1.165) is 27.3 Å². The molecule has 0 spiro atoms. The van der Waals surface area contributed by atoms with E-state index in [1.807, 2.05) is 28.0 Å². The summed E-state index contributed by atoms with van der Waals surface area (Å²) in [7, 11) is 0. The molecule has 4 aromatic rings. The van der Waals surface area contributed by atoms with E-state index in [0.29, 0.717) is 0 Å². The number of thiophene rings is 1. The van der Waals surface area contributed by atoms with E-state index in [2.05, 4.69) is 34.2 Å². The minimum atomic E-state index is 0.835. The van der Waals surface area contributed by atoms with Crippen molar-refractivity contribution in [1.82, 2.24) is 19.6 Å². The Balaban J connectivity index is 2.05. The molecule has 0 saturated carbocycles. The largest absolute Gasteiger partial charge is 0.264 e. The van der Waals surface area contributed by atoms with E-state index in [9.17, 15) is 0 Å². The van der Waals surface area contributed by atoms with E-state index < -0.39 is 0 Å². The molecule has 5 heteroatoms. The van der Waals surface area contributed by atoms with Crippen molar-refractivity contribution in [2.45, 2.75) is 6.92 Å². The lowest BCUT2D eigenvalue weighted by atomic mass is 10.1. The lowest BCUT2D eigenvalue weighted by molar-refractivity contribution is 1.09. The first-order valence-corrected chi connectivity index (χ1v) is 6.85. The van der Waals surface area contributed by atoms with Crippen LogP contribution in [0.5, 0.6) is 0 Å². The molecule has 0 amide bonds. The van der Waals surface area contributed by atoms with Crippen LogP contribution < -0.4 is 0 Å². The SMILES string of the molecule is Cc1cccc(-c2nnc3c4sccc4ncn23)c1. The van der Waals surface area contributed by atoms with E-state index in [4.69, 9.17) is 0 Å². The summed E-state index contributed by atoms with van der Waals surface area (Å²) >= 11 is 1.64. The molecule has 0 aliphatic rings. The molecule has 4 nitrogen and oxygen atoms in total. The molecule has 0 fully saturated rings. The predicted molar refractivity (Wildman–Crippen MR) is 76.3 cm³/mol. The van der Waals surface area contributed by atoms with Crippen LogP contribution in [0.25, 0.3) is 27.3 Å². The Morgan fingerprint density at radius 2 is 2.11 bits per heavy atom. The molecule has 92 valence electrons. The van der Waals surface area contributed by atoms with E-state index in [1.165, 1.54) is 5.56 Å². The standard InChI is InChI=1S/C14H10N4S/c1-9-3-2-4-10(7-9)13-16-17-14-12-11(5-6-19-12)15-8-18(13)14/h2-8H,1H3. The van der Waals surface area contributed by atoms with Gasteiger partial charge in [-0.05, 0) is 24.4 Å². The zero-order valence-corrected chi connectivity index (χ0v) is 11.1. The molecule has 0 saturated heterocycles. The van der Waals surface area contributed by atoms with Gasteiger partial charge in [0, 0.05) is 5.56 Å². The van der Waals surface area contributed by atoms with Gasteiger partial charge in [0.05, 0.1) is 10.2 Å². The molecule has 0 aliphatic carbocycles. The average molecular weight is 266 g/mol. The van der Waals surface area contributed by atoms with Crippen LogP contribution in [0, 0.1) is 6.92 Å². The third-order valence-electron chi connectivity index (χ3n) is 3.13. The summed E-state index contributed by atoms with van der Waals surface area (Å²) in [5.41, 5.74) is 4.11. The zero-order valence-electron chi connectivity index (χ0n) is 10.2. The number of hydrogen-bond donors (Lipinski definition) is 0. The predicted octanol–water partition coefficient (Wildman–Crippen LogP) is 3.31. The molecule has 4 rings (SSSR count). The Morgan fingerprint density at radius 1 is 1.16 bits per heavy atom. The quantitative estimate of drug-likeness (QED) is 0.531. The Bertz CT molecular complexity index is 891. The fraction of sp³-hybridized carbons (Fsp3) is 0.0714. The zero-order chi connectivity index (χ0) is 12.8. The van der Waals surface area contributed by atoms with Crippen molar-refractivity contribution in [3.05, 3.63) is 47.6 Å². The molecule has 1 aromatic carbocycles. The highest BCUT2D eigenvalue weighted by atomic mass is 32.1. The number of fused-ring (bicyclic) bond motifs is 3. The van der Waals surface area contributed by atoms with Crippen molar-refractivity contribution in [2.75, 3.05) is 0 Å². The molecule has 3 aromatic heterocycles. The molecular weight excluding hydrogens is 256 g/mol. The fourth-order valence-electron chi connectivity index (χ4n) is 2.23. The summed E-state index contributed by atoms with van der Waals surface area (Å²) in [6.45, 7) is 2.07. The van der Waals surface area contributed by atoms with Crippen molar-refractivity contribution < 1.29 is 0 Å². The van der Waals surface area contributed by atoms with Crippen LogP contribution in [0.4, 0.5) is 0 Å². The van der Waals surface area contributed by atoms with E-state index in [1.54, 1.807) is 17.7 Å². The number of nitrogens with zero attached hydrogens (tertiary/aromatic N) is 4. The Hall–Kier alpha value is -2.27. The maximum Gasteiger partial charge on any atom is 0.181 e. The first-order chi connectivity index (χ1) is 9.33. The maximum atomic E-state index is 4.44. The summed E-state index contributed by atoms with van der Waals surface area (Å²) in [6, 6.07) is 10.3. The number of aryl methyl sites for hydroxylation is 1. The van der Waals surface area contributed by atoms with Gasteiger partial charge in [0.25, 0.3) is 0 Å². The minimum Gasteiger partial charge on any atom is -0.264 e. The summed E-state index contributed by atoms with van der Waals surface area (Å²) in [4.78, 5) is 4.44. The maximum absolute atomic E-state index is 4.44. The summed E-state index contributed by atoms with van der Waals surface area (Å²) in [5, 5.41) is 10.7. The third-order valence-corrected chi connectivity index (χ3v) is 4.03. The molecule has 0 bridgehead atoms. The first-order valence-electron chi connectivity index (χ1n) is 5.97. The second kappa shape index (κ2) is 3.86. The summed E-state index contributed by atoms with van der Waals surface area (Å²) in [6.07, 6.45) is 1.79. The molecule has 0 radical (unpaired) electrons. The number of hydrogen-bond acceptors (Lipinski definition) is 4. The lowest BCUT2D eigenvalue weighted by Crippen LogP contribution is -1.91. The van der Waals surface area contributed by atoms with Crippen molar-refractivity contribution in [2.24, 2.45) is 0 Å². The highest BCUT2D eigenvalue weighted by molar-refractivity contribution is 7.17. The third kappa shape index (κ3) is 1.55. The van der Waals surface area contributed by atoms with Gasteiger partial charge in [0.1, 0.15) is 6.33 Å². The smallest absolute Gasteiger partial charge is 0.181 e. The Morgan fingerprint density at radius 3 is 3.00 bits per heavy atom. The molecular formula is C14H10N4S. The molecule has 0 aliphatic heterocycles. The van der Waals surface area contributed by atoms with Crippen LogP contribution in [-0.4, -0.2) is 19.6 Å². The fourth-order valence-corrected chi connectivity index (χ4v) is 3.05. The molecule has 0 atom stereocenters. The normalized spacial score (nSPS) is 11.4. The van der Waals surface area contributed by atoms with Crippen LogP contribution in [0.15, 0.2) is 42.0 Å². The van der Waals surface area contributed by atoms with Crippen LogP contribution in [-0.2, 0) is 0 Å². The van der Waals surface area contributed by atoms with Gasteiger partial charge in [-0.1, -0.05) is 23.8 Å². The van der Waals surface area contributed by atoms with Crippen LogP contribution in [0.1, 0.15) is 5.56 Å². The monoisotopic (exact) mass is 266 g/mol. The van der Waals surface area contributed by atoms with Crippen molar-refractivity contribution in [3.8, 4) is 11.4 Å². The van der Waals surface area contributed by atoms with Gasteiger partial charge >= 0.3 is 0 Å². The van der Waals surface area contributed by atoms with E-state index in [-0.39, 0.29) is 0 Å². The molecule has 3 heterocycles. The van der Waals surface area contributed by atoms with Gasteiger partial charge in [-0.3, -0.25) is 4.40 Å². The Kier molecular flexibility index (Phi) is 2.16. The topological polar surface area (TPSA) is 43.1 Å². The lowest BCUT2D eigenvalue weighted by Gasteiger charge is -2.01. The van der Waals surface area contributed by atoms with Crippen molar-refractivity contribution in [1.29, 1.82) is 0 Å². The van der Waals surface area contributed by atoms with Gasteiger partial charge < -0.3 is 0 Å². The number of rotatable bonds is 1. The number of benzene rings is 1. The van der Waals surface area contributed by atoms with Crippen molar-refractivity contribution in [3.63, 3.8) is 0 Å². The van der Waals surface area contributed by atoms with Crippen LogP contribution in [0.2, 0.25) is 0 Å². The van der Waals surface area contributed by atoms with Gasteiger partial charge in [-0.15, -0.1) is 21.5 Å². The second-order valence-corrected chi connectivity index (χ2v) is 5.38. The Labute approximate surface area is 113 Å². The molecule has 0 N–H and O–H groups in total. The highest BCUT2D eigenvalue weighted by Gasteiger charge is 2.11. The minimum absolute atomic E-state index is 0.835. The van der Waals surface area contributed by atoms with Gasteiger partial charge in [0.2, 0.25) is 0 Å². The second-order valence-electron chi connectivity index (χ2n) is 4.47. The highest BCUT2D eigenvalue weighted by Crippen LogP contribution is 2.26. The summed E-state index contributed by atoms with van der Waals surface area (Å²) in [5.74, 6) is 0.835. The van der Waals surface area contributed by atoms with Crippen LogP contribution in [0.3, 0.4) is 0 Å². The first kappa shape index (κ1) is 10.6. The molecule has 19 heavy (non-hydrogen) atoms.